The summed E-state index contributed by atoms with van der Waals surface area (Å²) in [6.07, 6.45) is 1.74. The van der Waals surface area contributed by atoms with Crippen LogP contribution in [-0.2, 0) is 27.9 Å². The lowest BCUT2D eigenvalue weighted by atomic mass is 9.88. The minimum absolute atomic E-state index is 0.103. The lowest BCUT2D eigenvalue weighted by Gasteiger charge is -2.41. The van der Waals surface area contributed by atoms with E-state index in [2.05, 4.69) is 38.8 Å². The summed E-state index contributed by atoms with van der Waals surface area (Å²) in [5.74, 6) is -1.88. The van der Waals surface area contributed by atoms with Gasteiger partial charge in [0.05, 0.1) is 12.3 Å². The first kappa shape index (κ1) is 27.9. The highest BCUT2D eigenvalue weighted by atomic mass is 32.2. The summed E-state index contributed by atoms with van der Waals surface area (Å²) >= 11 is -1.44. The van der Waals surface area contributed by atoms with Crippen LogP contribution in [0.2, 0.25) is 18.1 Å². The van der Waals surface area contributed by atoms with Crippen molar-refractivity contribution in [1.29, 1.82) is 0 Å². The smallest absolute Gasteiger partial charge is 0.192 e. The normalized spacial score (nSPS) is 16.1. The van der Waals surface area contributed by atoms with E-state index < -0.39 is 41.6 Å². The van der Waals surface area contributed by atoms with Crippen LogP contribution in [0.3, 0.4) is 0 Å². The Labute approximate surface area is 202 Å². The summed E-state index contributed by atoms with van der Waals surface area (Å²) in [5.41, 5.74) is 0.936. The molecule has 1 unspecified atom stereocenters. The third kappa shape index (κ3) is 6.03. The molecule has 0 aliphatic rings. The van der Waals surface area contributed by atoms with E-state index in [1.807, 2.05) is 39.8 Å². The van der Waals surface area contributed by atoms with Crippen LogP contribution in [0.4, 0.5) is 8.78 Å². The summed E-state index contributed by atoms with van der Waals surface area (Å²) in [6.45, 7) is 18.9. The quantitative estimate of drug-likeness (QED) is 0.323. The van der Waals surface area contributed by atoms with E-state index >= 15 is 0 Å². The average Bonchev–Trinajstić information content (AvgIpc) is 2.71. The van der Waals surface area contributed by atoms with Gasteiger partial charge < -0.3 is 8.98 Å². The van der Waals surface area contributed by atoms with Crippen LogP contribution in [0.1, 0.15) is 65.3 Å². The van der Waals surface area contributed by atoms with Crippen LogP contribution in [0.5, 0.6) is 0 Å². The molecular formula is C25H38F2N2O2SSi. The zero-order valence-electron chi connectivity index (χ0n) is 21.5. The minimum atomic E-state index is -1.91. The zero-order valence-corrected chi connectivity index (χ0v) is 23.4. The van der Waals surface area contributed by atoms with Crippen molar-refractivity contribution in [2.24, 2.45) is 0 Å². The number of pyridine rings is 1. The molecule has 0 spiro atoms. The third-order valence-electron chi connectivity index (χ3n) is 6.61. The molecule has 1 aromatic heterocycles. The predicted octanol–water partition coefficient (Wildman–Crippen LogP) is 6.54. The monoisotopic (exact) mass is 496 g/mol. The van der Waals surface area contributed by atoms with Crippen LogP contribution in [0.15, 0.2) is 36.5 Å². The van der Waals surface area contributed by atoms with E-state index in [-0.39, 0.29) is 5.04 Å². The molecule has 0 saturated carbocycles. The fraction of sp³-hybridized carbons (Fsp3) is 0.560. The fourth-order valence-corrected chi connectivity index (χ4v) is 5.46. The summed E-state index contributed by atoms with van der Waals surface area (Å²) in [5, 5.41) is 0.103. The number of rotatable bonds is 7. The molecule has 2 rings (SSSR count). The van der Waals surface area contributed by atoms with Crippen molar-refractivity contribution in [3.05, 3.63) is 65.0 Å². The van der Waals surface area contributed by atoms with Gasteiger partial charge in [-0.25, -0.2) is 8.78 Å². The summed E-state index contributed by atoms with van der Waals surface area (Å²) in [4.78, 5) is 4.67. The molecule has 33 heavy (non-hydrogen) atoms. The largest absolute Gasteiger partial charge is 0.597 e. The molecule has 1 heterocycles. The van der Waals surface area contributed by atoms with Crippen LogP contribution < -0.4 is 0 Å². The number of halogens is 2. The summed E-state index contributed by atoms with van der Waals surface area (Å²) in [6, 6.07) is 7.55. The second-order valence-electron chi connectivity index (χ2n) is 11.2. The van der Waals surface area contributed by atoms with E-state index in [4.69, 9.17) is 4.43 Å². The maximum atomic E-state index is 14.2. The molecule has 0 fully saturated rings. The highest BCUT2D eigenvalue weighted by Crippen LogP contribution is 2.39. The molecule has 184 valence electrons. The van der Waals surface area contributed by atoms with Crippen LogP contribution >= 0.6 is 0 Å². The SMILES string of the molecule is CN([S+]([O-])C(C)(C)C)[C@@](C)(c1ccc(F)c(F)c1)c1ccc(CO[Si](C)(C)C(C)(C)C)cn1. The molecule has 0 aliphatic carbocycles. The first-order valence-electron chi connectivity index (χ1n) is 11.1. The molecule has 1 aromatic carbocycles. The summed E-state index contributed by atoms with van der Waals surface area (Å²) in [7, 11) is -0.188. The Kier molecular flexibility index (Phi) is 8.24. The number of hydrogen-bond donors (Lipinski definition) is 0. The van der Waals surface area contributed by atoms with E-state index in [0.717, 1.165) is 17.7 Å². The van der Waals surface area contributed by atoms with Crippen LogP contribution in [0.25, 0.3) is 0 Å². The molecule has 0 bridgehead atoms. The molecule has 0 radical (unpaired) electrons. The van der Waals surface area contributed by atoms with Gasteiger partial charge >= 0.3 is 0 Å². The van der Waals surface area contributed by atoms with Crippen molar-refractivity contribution < 1.29 is 17.8 Å². The molecular weight excluding hydrogens is 458 g/mol. The molecule has 2 atom stereocenters. The van der Waals surface area contributed by atoms with Crippen molar-refractivity contribution in [2.45, 2.75) is 83.5 Å². The number of aromatic nitrogens is 1. The fourth-order valence-electron chi connectivity index (χ4n) is 3.14. The van der Waals surface area contributed by atoms with Gasteiger partial charge in [0.25, 0.3) is 0 Å². The maximum Gasteiger partial charge on any atom is 0.192 e. The maximum absolute atomic E-state index is 14.2. The highest BCUT2D eigenvalue weighted by Gasteiger charge is 2.46. The van der Waals surface area contributed by atoms with E-state index in [1.165, 1.54) is 6.07 Å². The Morgan fingerprint density at radius 1 is 1.00 bits per heavy atom. The Morgan fingerprint density at radius 3 is 2.06 bits per heavy atom. The van der Waals surface area contributed by atoms with Crippen molar-refractivity contribution in [2.75, 3.05) is 7.05 Å². The van der Waals surface area contributed by atoms with Gasteiger partial charge in [0.2, 0.25) is 0 Å². The van der Waals surface area contributed by atoms with E-state index in [0.29, 0.717) is 17.9 Å². The second kappa shape index (κ2) is 9.74. The van der Waals surface area contributed by atoms with Gasteiger partial charge in [-0.3, -0.25) is 4.98 Å². The number of nitrogens with zero attached hydrogens (tertiary/aromatic N) is 2. The Bertz CT molecular complexity index is 958. The molecule has 8 heteroatoms. The van der Waals surface area contributed by atoms with Crippen molar-refractivity contribution >= 4 is 19.7 Å². The molecule has 4 nitrogen and oxygen atoms in total. The van der Waals surface area contributed by atoms with Gasteiger partial charge in [-0.05, 0) is 75.2 Å². The lowest BCUT2D eigenvalue weighted by Crippen LogP contribution is -2.52. The third-order valence-corrected chi connectivity index (χ3v) is 13.0. The van der Waals surface area contributed by atoms with E-state index in [1.54, 1.807) is 17.5 Å². The summed E-state index contributed by atoms with van der Waals surface area (Å²) < 4.78 is 48.6. The first-order chi connectivity index (χ1) is 14.9. The Hall–Kier alpha value is -1.32. The van der Waals surface area contributed by atoms with Gasteiger partial charge in [0.1, 0.15) is 10.3 Å². The number of hydrogen-bond acceptors (Lipinski definition) is 4. The van der Waals surface area contributed by atoms with Gasteiger partial charge in [-0.15, -0.1) is 4.31 Å². The van der Waals surface area contributed by atoms with Gasteiger partial charge in [-0.1, -0.05) is 32.9 Å². The standard InChI is InChI=1S/C25H38F2N2O2SSi/c1-23(2,3)32(30)29(8)25(7,19-12-13-20(26)21(27)15-19)22-14-11-18(16-28-22)17-31-33(9,10)24(4,5)6/h11-16H,17H2,1-10H3/t25-,32?/m0/s1. The molecule has 0 saturated heterocycles. The average molecular weight is 497 g/mol. The topological polar surface area (TPSA) is 48.4 Å². The minimum Gasteiger partial charge on any atom is -0.597 e. The highest BCUT2D eigenvalue weighted by molar-refractivity contribution is 7.90. The van der Waals surface area contributed by atoms with Gasteiger partial charge in [-0.2, -0.15) is 0 Å². The van der Waals surface area contributed by atoms with Crippen LogP contribution in [-0.4, -0.2) is 34.0 Å². The van der Waals surface area contributed by atoms with Crippen molar-refractivity contribution in [3.8, 4) is 0 Å². The molecule has 0 aliphatic heterocycles. The van der Waals surface area contributed by atoms with Crippen molar-refractivity contribution in [3.63, 3.8) is 0 Å². The van der Waals surface area contributed by atoms with Gasteiger partial charge in [0.15, 0.2) is 20.0 Å². The predicted molar refractivity (Wildman–Crippen MR) is 135 cm³/mol. The number of benzene rings is 1. The lowest BCUT2D eigenvalue weighted by molar-refractivity contribution is 0.272. The second-order valence-corrected chi connectivity index (χ2v) is 18.2. The Morgan fingerprint density at radius 2 is 1.61 bits per heavy atom. The first-order valence-corrected chi connectivity index (χ1v) is 15.1. The zero-order chi connectivity index (χ0) is 25.4. The van der Waals surface area contributed by atoms with E-state index in [9.17, 15) is 13.3 Å². The van der Waals surface area contributed by atoms with Gasteiger partial charge in [0, 0.05) is 24.6 Å². The molecule has 0 N–H and O–H groups in total. The molecule has 0 amide bonds. The Balaban J connectivity index is 2.46. The van der Waals surface area contributed by atoms with Crippen LogP contribution in [0, 0.1) is 11.6 Å². The molecule has 2 aromatic rings. The van der Waals surface area contributed by atoms with Crippen molar-refractivity contribution in [1.82, 2.24) is 9.29 Å².